The Labute approximate surface area is 135 Å². The summed E-state index contributed by atoms with van der Waals surface area (Å²) in [7, 11) is -6.30. The monoisotopic (exact) mass is 378 g/mol. The number of esters is 1. The normalized spacial score (nSPS) is 27.1. The predicted octanol–water partition coefficient (Wildman–Crippen LogP) is 1.98. The highest BCUT2D eigenvalue weighted by atomic mass is 32.2. The Morgan fingerprint density at radius 1 is 1.21 bits per heavy atom. The molecule has 2 rings (SSSR count). The van der Waals surface area contributed by atoms with Crippen molar-refractivity contribution in [3.05, 3.63) is 0 Å². The summed E-state index contributed by atoms with van der Waals surface area (Å²) in [5.41, 5.74) is -0.967. The molecule has 0 aromatic carbocycles. The SMILES string of the molecule is O=C(OCCC(F)(F)C(F)(F)S(=O)(=O)O)C1CC1C1(O)CCCC1. The molecule has 0 aliphatic heterocycles. The molecule has 0 radical (unpaired) electrons. The minimum Gasteiger partial charge on any atom is -0.465 e. The van der Waals surface area contributed by atoms with Crippen LogP contribution in [0.4, 0.5) is 17.6 Å². The smallest absolute Gasteiger partial charge is 0.431 e. The van der Waals surface area contributed by atoms with Gasteiger partial charge in [0.2, 0.25) is 0 Å². The molecule has 2 aliphatic carbocycles. The molecule has 2 aliphatic rings. The zero-order valence-corrected chi connectivity index (χ0v) is 13.4. The third-order valence-electron chi connectivity index (χ3n) is 4.66. The van der Waals surface area contributed by atoms with Crippen LogP contribution in [0.5, 0.6) is 0 Å². The summed E-state index contributed by atoms with van der Waals surface area (Å²) >= 11 is 0. The molecule has 2 atom stereocenters. The average molecular weight is 378 g/mol. The van der Waals surface area contributed by atoms with E-state index in [0.29, 0.717) is 19.3 Å². The number of ether oxygens (including phenoxy) is 1. The molecule has 140 valence electrons. The van der Waals surface area contributed by atoms with Crippen LogP contribution in [-0.4, -0.2) is 47.4 Å². The lowest BCUT2D eigenvalue weighted by atomic mass is 9.94. The molecule has 2 fully saturated rings. The molecule has 0 amide bonds. The number of carbonyl (C=O) groups is 1. The lowest BCUT2D eigenvalue weighted by Crippen LogP contribution is -2.47. The summed E-state index contributed by atoms with van der Waals surface area (Å²) in [4.78, 5) is 11.7. The number of aliphatic hydroxyl groups is 1. The molecule has 2 saturated carbocycles. The number of hydrogen-bond donors (Lipinski definition) is 2. The zero-order chi connectivity index (χ0) is 18.4. The third kappa shape index (κ3) is 3.52. The first-order valence-electron chi connectivity index (χ1n) is 7.43. The first kappa shape index (κ1) is 19.4. The summed E-state index contributed by atoms with van der Waals surface area (Å²) in [5, 5.41) is 4.61. The van der Waals surface area contributed by atoms with Crippen molar-refractivity contribution in [1.82, 2.24) is 0 Å². The van der Waals surface area contributed by atoms with Crippen molar-refractivity contribution in [3.63, 3.8) is 0 Å². The van der Waals surface area contributed by atoms with Crippen LogP contribution >= 0.6 is 0 Å². The first-order valence-corrected chi connectivity index (χ1v) is 8.87. The van der Waals surface area contributed by atoms with Gasteiger partial charge in [0.1, 0.15) is 0 Å². The van der Waals surface area contributed by atoms with Crippen LogP contribution in [0.15, 0.2) is 0 Å². The molecular formula is C13H18F4O6S. The molecular weight excluding hydrogens is 360 g/mol. The van der Waals surface area contributed by atoms with Gasteiger partial charge in [0.05, 0.1) is 24.5 Å². The Morgan fingerprint density at radius 3 is 2.25 bits per heavy atom. The maximum atomic E-state index is 13.2. The van der Waals surface area contributed by atoms with E-state index in [2.05, 4.69) is 4.74 Å². The van der Waals surface area contributed by atoms with Crippen LogP contribution in [0, 0.1) is 11.8 Å². The summed E-state index contributed by atoms with van der Waals surface area (Å²) in [6.07, 6.45) is 1.32. The summed E-state index contributed by atoms with van der Waals surface area (Å²) < 4.78 is 85.7. The van der Waals surface area contributed by atoms with Crippen molar-refractivity contribution in [3.8, 4) is 0 Å². The fourth-order valence-corrected chi connectivity index (χ4v) is 3.61. The molecule has 24 heavy (non-hydrogen) atoms. The Balaban J connectivity index is 1.83. The van der Waals surface area contributed by atoms with Gasteiger partial charge in [-0.05, 0) is 19.3 Å². The molecule has 6 nitrogen and oxygen atoms in total. The van der Waals surface area contributed by atoms with Gasteiger partial charge < -0.3 is 9.84 Å². The number of rotatable bonds is 7. The molecule has 2 N–H and O–H groups in total. The minimum atomic E-state index is -6.30. The van der Waals surface area contributed by atoms with Gasteiger partial charge in [0, 0.05) is 5.92 Å². The molecule has 11 heteroatoms. The Bertz CT molecular complexity index is 600. The van der Waals surface area contributed by atoms with Crippen LogP contribution in [0.25, 0.3) is 0 Å². The van der Waals surface area contributed by atoms with Gasteiger partial charge >= 0.3 is 27.3 Å². The molecule has 0 aromatic heterocycles. The van der Waals surface area contributed by atoms with Crippen LogP contribution in [0.2, 0.25) is 0 Å². The summed E-state index contributed by atoms with van der Waals surface area (Å²) in [6, 6.07) is 0. The number of halogens is 4. The van der Waals surface area contributed by atoms with E-state index < -0.39 is 51.8 Å². The van der Waals surface area contributed by atoms with E-state index in [1.165, 1.54) is 0 Å². The lowest BCUT2D eigenvalue weighted by Gasteiger charge is -2.24. The van der Waals surface area contributed by atoms with Crippen molar-refractivity contribution in [2.75, 3.05) is 6.61 Å². The molecule has 0 bridgehead atoms. The number of carbonyl (C=O) groups excluding carboxylic acids is 1. The zero-order valence-electron chi connectivity index (χ0n) is 12.6. The van der Waals surface area contributed by atoms with E-state index in [0.717, 1.165) is 12.8 Å². The van der Waals surface area contributed by atoms with Crippen molar-refractivity contribution in [2.24, 2.45) is 11.8 Å². The van der Waals surface area contributed by atoms with Crippen LogP contribution in [0.3, 0.4) is 0 Å². The number of alkyl halides is 4. The quantitative estimate of drug-likeness (QED) is 0.399. The van der Waals surface area contributed by atoms with Gasteiger partial charge in [0.15, 0.2) is 0 Å². The lowest BCUT2D eigenvalue weighted by molar-refractivity contribution is -0.175. The van der Waals surface area contributed by atoms with Gasteiger partial charge in [-0.2, -0.15) is 26.0 Å². The molecule has 0 heterocycles. The van der Waals surface area contributed by atoms with Gasteiger partial charge in [-0.15, -0.1) is 0 Å². The van der Waals surface area contributed by atoms with Crippen molar-refractivity contribution >= 4 is 16.1 Å². The average Bonchev–Trinajstić information content (AvgIpc) is 3.14. The highest BCUT2D eigenvalue weighted by Gasteiger charge is 2.65. The van der Waals surface area contributed by atoms with E-state index >= 15 is 0 Å². The maximum absolute atomic E-state index is 13.2. The molecule has 0 spiro atoms. The minimum absolute atomic E-state index is 0.327. The summed E-state index contributed by atoms with van der Waals surface area (Å²) in [5.74, 6) is -6.96. The standard InChI is InChI=1S/C13H18F4O6S/c14-12(15,13(16,17)24(20,21)22)5-6-23-10(18)8-7-9(8)11(19)3-1-2-4-11/h8-9,19H,1-7H2,(H,20,21,22). The highest BCUT2D eigenvalue weighted by Crippen LogP contribution is 2.53. The Morgan fingerprint density at radius 2 is 1.75 bits per heavy atom. The van der Waals surface area contributed by atoms with Crippen molar-refractivity contribution < 1.29 is 45.2 Å². The Hall–Kier alpha value is -0.940. The fraction of sp³-hybridized carbons (Fsp3) is 0.923. The second kappa shape index (κ2) is 6.10. The fourth-order valence-electron chi connectivity index (χ4n) is 3.13. The first-order chi connectivity index (χ1) is 10.8. The van der Waals surface area contributed by atoms with E-state index in [1.807, 2.05) is 0 Å². The Kier molecular flexibility index (Phi) is 4.92. The van der Waals surface area contributed by atoms with Crippen LogP contribution in [0.1, 0.15) is 38.5 Å². The van der Waals surface area contributed by atoms with Crippen LogP contribution in [-0.2, 0) is 19.6 Å². The van der Waals surface area contributed by atoms with Crippen molar-refractivity contribution in [1.29, 1.82) is 0 Å². The largest absolute Gasteiger partial charge is 0.465 e. The molecule has 2 unspecified atom stereocenters. The topological polar surface area (TPSA) is 101 Å². The van der Waals surface area contributed by atoms with E-state index in [4.69, 9.17) is 4.55 Å². The van der Waals surface area contributed by atoms with Gasteiger partial charge in [-0.1, -0.05) is 12.8 Å². The third-order valence-corrected chi connectivity index (χ3v) is 5.61. The van der Waals surface area contributed by atoms with Crippen LogP contribution < -0.4 is 0 Å². The maximum Gasteiger partial charge on any atom is 0.431 e. The second-order valence-electron chi connectivity index (χ2n) is 6.37. The predicted molar refractivity (Wildman–Crippen MR) is 72.0 cm³/mol. The van der Waals surface area contributed by atoms with E-state index in [1.54, 1.807) is 0 Å². The summed E-state index contributed by atoms with van der Waals surface area (Å²) in [6.45, 7) is -1.13. The van der Waals surface area contributed by atoms with Gasteiger partial charge in [-0.3, -0.25) is 9.35 Å². The van der Waals surface area contributed by atoms with E-state index in [-0.39, 0.29) is 5.92 Å². The second-order valence-corrected chi connectivity index (χ2v) is 7.84. The van der Waals surface area contributed by atoms with E-state index in [9.17, 15) is 35.9 Å². The highest BCUT2D eigenvalue weighted by molar-refractivity contribution is 7.87. The van der Waals surface area contributed by atoms with Gasteiger partial charge in [0.25, 0.3) is 0 Å². The van der Waals surface area contributed by atoms with Gasteiger partial charge in [-0.25, -0.2) is 0 Å². The molecule has 0 saturated heterocycles. The molecule has 0 aromatic rings. The number of hydrogen-bond acceptors (Lipinski definition) is 5. The van der Waals surface area contributed by atoms with Crippen molar-refractivity contribution in [2.45, 2.75) is 55.3 Å².